The van der Waals surface area contributed by atoms with Crippen LogP contribution in [0, 0.1) is 0 Å². The van der Waals surface area contributed by atoms with E-state index in [0.29, 0.717) is 6.42 Å². The first-order chi connectivity index (χ1) is 23.3. The van der Waals surface area contributed by atoms with Crippen molar-refractivity contribution >= 4 is 11.9 Å². The molecule has 0 aromatic heterocycles. The van der Waals surface area contributed by atoms with Crippen LogP contribution in [0.25, 0.3) is 0 Å². The van der Waals surface area contributed by atoms with Crippen molar-refractivity contribution in [3.05, 3.63) is 0 Å². The van der Waals surface area contributed by atoms with E-state index >= 15 is 0 Å². The Morgan fingerprint density at radius 3 is 1.42 bits per heavy atom. The molecular weight excluding hydrogens is 616 g/mol. The summed E-state index contributed by atoms with van der Waals surface area (Å²) >= 11 is 0. The van der Waals surface area contributed by atoms with Crippen molar-refractivity contribution in [2.75, 3.05) is 19.8 Å². The van der Waals surface area contributed by atoms with Crippen LogP contribution in [0.15, 0.2) is 0 Å². The van der Waals surface area contributed by atoms with Gasteiger partial charge in [0.25, 0.3) is 0 Å². The molecule has 6 atom stereocenters. The van der Waals surface area contributed by atoms with E-state index in [-0.39, 0.29) is 32.0 Å². The first-order valence-electron chi connectivity index (χ1n) is 19.6. The van der Waals surface area contributed by atoms with E-state index in [1.165, 1.54) is 103 Å². The van der Waals surface area contributed by atoms with Crippen molar-refractivity contribution < 1.29 is 49.0 Å². The number of rotatable bonds is 32. The summed E-state index contributed by atoms with van der Waals surface area (Å²) in [6.45, 7) is 3.40. The lowest BCUT2D eigenvalue weighted by molar-refractivity contribution is -0.305. The molecule has 1 rings (SSSR count). The fourth-order valence-corrected chi connectivity index (χ4v) is 6.07. The first kappa shape index (κ1) is 44.7. The highest BCUT2D eigenvalue weighted by Gasteiger charge is 2.44. The second kappa shape index (κ2) is 30.5. The highest BCUT2D eigenvalue weighted by Crippen LogP contribution is 2.22. The van der Waals surface area contributed by atoms with Gasteiger partial charge in [0, 0.05) is 12.8 Å². The van der Waals surface area contributed by atoms with Crippen LogP contribution >= 0.6 is 0 Å². The van der Waals surface area contributed by atoms with Gasteiger partial charge in [-0.05, 0) is 12.8 Å². The van der Waals surface area contributed by atoms with Crippen LogP contribution in [0.2, 0.25) is 0 Å². The standard InChI is InChI=1S/C38H72O10/c1-3-5-7-9-11-13-14-15-16-17-19-21-23-25-27-34(41)47-31(30-46-38-37(44)36(43)35(42)32(28-39)48-38)29-45-33(40)26-24-22-20-18-12-10-8-6-4-2/h31-32,35-39,42-44H,3-30H2,1-2H3. The van der Waals surface area contributed by atoms with E-state index in [4.69, 9.17) is 18.9 Å². The van der Waals surface area contributed by atoms with Crippen LogP contribution < -0.4 is 0 Å². The van der Waals surface area contributed by atoms with Crippen molar-refractivity contribution in [3.63, 3.8) is 0 Å². The summed E-state index contributed by atoms with van der Waals surface area (Å²) in [7, 11) is 0. The Morgan fingerprint density at radius 2 is 0.979 bits per heavy atom. The summed E-state index contributed by atoms with van der Waals surface area (Å²) in [5, 5.41) is 39.9. The topological polar surface area (TPSA) is 152 Å². The third-order valence-corrected chi connectivity index (χ3v) is 9.24. The molecular formula is C38H72O10. The number of hydrogen-bond donors (Lipinski definition) is 4. The van der Waals surface area contributed by atoms with E-state index in [1.807, 2.05) is 0 Å². The minimum absolute atomic E-state index is 0.210. The number of carbonyl (C=O) groups excluding carboxylic acids is 2. The maximum atomic E-state index is 12.7. The van der Waals surface area contributed by atoms with E-state index in [0.717, 1.165) is 38.5 Å². The van der Waals surface area contributed by atoms with Crippen molar-refractivity contribution in [1.29, 1.82) is 0 Å². The fraction of sp³-hybridized carbons (Fsp3) is 0.947. The van der Waals surface area contributed by atoms with Crippen molar-refractivity contribution in [2.45, 2.75) is 211 Å². The molecule has 10 nitrogen and oxygen atoms in total. The highest BCUT2D eigenvalue weighted by molar-refractivity contribution is 5.70. The van der Waals surface area contributed by atoms with Crippen LogP contribution in [0.3, 0.4) is 0 Å². The number of ether oxygens (including phenoxy) is 4. The minimum Gasteiger partial charge on any atom is -0.462 e. The Balaban J connectivity index is 2.38. The molecule has 1 saturated heterocycles. The minimum atomic E-state index is -1.59. The van der Waals surface area contributed by atoms with E-state index < -0.39 is 49.4 Å². The zero-order valence-corrected chi connectivity index (χ0v) is 30.5. The predicted molar refractivity (Wildman–Crippen MR) is 187 cm³/mol. The van der Waals surface area contributed by atoms with Crippen molar-refractivity contribution in [2.24, 2.45) is 0 Å². The van der Waals surface area contributed by atoms with Gasteiger partial charge in [-0.1, -0.05) is 149 Å². The zero-order valence-electron chi connectivity index (χ0n) is 30.5. The molecule has 4 N–H and O–H groups in total. The lowest BCUT2D eigenvalue weighted by Crippen LogP contribution is -2.59. The number of hydrogen-bond acceptors (Lipinski definition) is 10. The number of aliphatic hydroxyl groups excluding tert-OH is 4. The smallest absolute Gasteiger partial charge is 0.306 e. The first-order valence-corrected chi connectivity index (χ1v) is 19.6. The summed E-state index contributed by atoms with van der Waals surface area (Å²) in [6.07, 6.45) is 19.8. The molecule has 1 fully saturated rings. The molecule has 0 aromatic carbocycles. The molecule has 0 radical (unpaired) electrons. The number of esters is 2. The molecule has 0 saturated carbocycles. The monoisotopic (exact) mass is 689 g/mol. The van der Waals surface area contributed by atoms with Crippen molar-refractivity contribution in [1.82, 2.24) is 0 Å². The second-order valence-corrected chi connectivity index (χ2v) is 13.8. The quantitative estimate of drug-likeness (QED) is 0.0427. The average Bonchev–Trinajstić information content (AvgIpc) is 3.08. The molecule has 48 heavy (non-hydrogen) atoms. The Bertz CT molecular complexity index is 764. The van der Waals surface area contributed by atoms with Gasteiger partial charge in [0.1, 0.15) is 31.0 Å². The number of aliphatic hydroxyl groups is 4. The van der Waals surface area contributed by atoms with Crippen LogP contribution in [0.1, 0.15) is 174 Å². The molecule has 0 amide bonds. The Morgan fingerprint density at radius 1 is 0.562 bits per heavy atom. The molecule has 10 heteroatoms. The van der Waals surface area contributed by atoms with Crippen LogP contribution in [0.5, 0.6) is 0 Å². The third-order valence-electron chi connectivity index (χ3n) is 9.24. The average molecular weight is 689 g/mol. The Labute approximate surface area is 291 Å². The molecule has 1 aliphatic heterocycles. The summed E-state index contributed by atoms with van der Waals surface area (Å²) in [5.41, 5.74) is 0. The fourth-order valence-electron chi connectivity index (χ4n) is 6.07. The molecule has 284 valence electrons. The van der Waals surface area contributed by atoms with Gasteiger partial charge < -0.3 is 39.4 Å². The molecule has 0 aliphatic carbocycles. The molecule has 1 aliphatic rings. The molecule has 0 aromatic rings. The molecule has 0 spiro atoms. The third kappa shape index (κ3) is 22.4. The van der Waals surface area contributed by atoms with Crippen LogP contribution in [-0.4, -0.2) is 89.0 Å². The number of unbranched alkanes of at least 4 members (excludes halogenated alkanes) is 21. The maximum absolute atomic E-state index is 12.7. The Hall–Kier alpha value is -1.30. The lowest BCUT2D eigenvalue weighted by Gasteiger charge is -2.39. The summed E-state index contributed by atoms with van der Waals surface area (Å²) < 4.78 is 22.0. The predicted octanol–water partition coefficient (Wildman–Crippen LogP) is 7.05. The SMILES string of the molecule is CCCCCCCCCCCCCCCCC(=O)OC(COC(=O)CCCCCCCCCCC)COC1OC(CO)C(O)C(O)C1O. The Kier molecular flexibility index (Phi) is 28.4. The van der Waals surface area contributed by atoms with E-state index in [1.54, 1.807) is 0 Å². The van der Waals surface area contributed by atoms with Crippen LogP contribution in [0.4, 0.5) is 0 Å². The summed E-state index contributed by atoms with van der Waals surface area (Å²) in [5.74, 6) is -0.801. The van der Waals surface area contributed by atoms with Crippen molar-refractivity contribution in [3.8, 4) is 0 Å². The summed E-state index contributed by atoms with van der Waals surface area (Å²) in [4.78, 5) is 25.1. The van der Waals surface area contributed by atoms with Crippen LogP contribution in [-0.2, 0) is 28.5 Å². The van der Waals surface area contributed by atoms with Gasteiger partial charge in [-0.3, -0.25) is 9.59 Å². The normalized spacial score (nSPS) is 21.7. The highest BCUT2D eigenvalue weighted by atomic mass is 16.7. The second-order valence-electron chi connectivity index (χ2n) is 13.8. The molecule has 6 unspecified atom stereocenters. The molecule has 1 heterocycles. The zero-order chi connectivity index (χ0) is 35.2. The van der Waals surface area contributed by atoms with E-state index in [9.17, 15) is 30.0 Å². The van der Waals surface area contributed by atoms with E-state index in [2.05, 4.69) is 13.8 Å². The van der Waals surface area contributed by atoms with Gasteiger partial charge in [-0.15, -0.1) is 0 Å². The molecule has 0 bridgehead atoms. The van der Waals surface area contributed by atoms with Gasteiger partial charge in [-0.25, -0.2) is 0 Å². The number of carbonyl (C=O) groups is 2. The maximum Gasteiger partial charge on any atom is 0.306 e. The van der Waals surface area contributed by atoms with Gasteiger partial charge in [0.05, 0.1) is 13.2 Å². The largest absolute Gasteiger partial charge is 0.462 e. The van der Waals surface area contributed by atoms with Gasteiger partial charge >= 0.3 is 11.9 Å². The van der Waals surface area contributed by atoms with Gasteiger partial charge in [-0.2, -0.15) is 0 Å². The van der Waals surface area contributed by atoms with Gasteiger partial charge in [0.2, 0.25) is 0 Å². The van der Waals surface area contributed by atoms with Gasteiger partial charge in [0.15, 0.2) is 12.4 Å². The summed E-state index contributed by atoms with van der Waals surface area (Å²) in [6, 6.07) is 0. The lowest BCUT2D eigenvalue weighted by atomic mass is 9.99.